The number of nitrogens with zero attached hydrogens (tertiary/aromatic N) is 2. The third-order valence-electron chi connectivity index (χ3n) is 2.59. The molecule has 2 aromatic rings. The molecule has 0 spiro atoms. The number of hydrogen-bond donors (Lipinski definition) is 3. The first-order chi connectivity index (χ1) is 10.3. The highest BCUT2D eigenvalue weighted by atomic mass is 19.4. The van der Waals surface area contributed by atoms with Gasteiger partial charge < -0.3 is 5.11 Å². The molecule has 0 amide bonds. The van der Waals surface area contributed by atoms with Crippen molar-refractivity contribution in [2.45, 2.75) is 12.6 Å². The van der Waals surface area contributed by atoms with Gasteiger partial charge in [0.25, 0.3) is 5.56 Å². The molecular weight excluding hydrogens is 305 g/mol. The summed E-state index contributed by atoms with van der Waals surface area (Å²) >= 11 is 0. The number of halogens is 3. The zero-order valence-electron chi connectivity index (χ0n) is 10.8. The number of nitrogens with one attached hydrogen (secondary N) is 2. The van der Waals surface area contributed by atoms with Gasteiger partial charge in [-0.2, -0.15) is 18.3 Å². The van der Waals surface area contributed by atoms with Crippen molar-refractivity contribution in [1.29, 1.82) is 0 Å². The van der Waals surface area contributed by atoms with E-state index in [1.54, 1.807) is 10.2 Å². The van der Waals surface area contributed by atoms with Crippen LogP contribution >= 0.6 is 0 Å². The molecule has 1 aromatic heterocycles. The van der Waals surface area contributed by atoms with Crippen LogP contribution in [0.15, 0.2) is 39.3 Å². The van der Waals surface area contributed by atoms with Gasteiger partial charge in [0.1, 0.15) is 0 Å². The molecule has 0 aliphatic carbocycles. The number of azo groups is 1. The largest absolute Gasteiger partial charge is 0.481 e. The summed E-state index contributed by atoms with van der Waals surface area (Å²) in [4.78, 5) is 21.8. The van der Waals surface area contributed by atoms with Gasteiger partial charge >= 0.3 is 12.1 Å². The Kier molecular flexibility index (Phi) is 4.11. The van der Waals surface area contributed by atoms with E-state index in [0.29, 0.717) is 5.56 Å². The molecule has 0 atom stereocenters. The summed E-state index contributed by atoms with van der Waals surface area (Å²) in [7, 11) is 0. The van der Waals surface area contributed by atoms with Crippen molar-refractivity contribution in [1.82, 2.24) is 10.2 Å². The van der Waals surface area contributed by atoms with Crippen LogP contribution in [0, 0.1) is 0 Å². The van der Waals surface area contributed by atoms with Crippen molar-refractivity contribution >= 4 is 17.3 Å². The van der Waals surface area contributed by atoms with Crippen LogP contribution in [-0.2, 0) is 17.4 Å². The molecule has 0 bridgehead atoms. The Morgan fingerprint density at radius 1 is 1.14 bits per heavy atom. The first-order valence-electron chi connectivity index (χ1n) is 5.87. The third-order valence-corrected chi connectivity index (χ3v) is 2.59. The lowest BCUT2D eigenvalue weighted by molar-refractivity contribution is -0.140. The summed E-state index contributed by atoms with van der Waals surface area (Å²) in [6.45, 7) is 0. The van der Waals surface area contributed by atoms with E-state index >= 15 is 0 Å². The maximum atomic E-state index is 12.6. The van der Waals surface area contributed by atoms with Gasteiger partial charge in [0.05, 0.1) is 12.1 Å². The first kappa shape index (κ1) is 15.5. The Morgan fingerprint density at radius 3 is 2.32 bits per heavy atom. The van der Waals surface area contributed by atoms with Gasteiger partial charge in [0.2, 0.25) is 0 Å². The number of carboxylic acid groups (broad SMARTS) is 1. The zero-order valence-corrected chi connectivity index (χ0v) is 10.8. The molecule has 0 aliphatic heterocycles. The van der Waals surface area contributed by atoms with Crippen molar-refractivity contribution in [3.8, 4) is 0 Å². The minimum absolute atomic E-state index is 0.183. The second kappa shape index (κ2) is 5.84. The van der Waals surface area contributed by atoms with Crippen LogP contribution in [0.25, 0.3) is 0 Å². The van der Waals surface area contributed by atoms with Gasteiger partial charge in [-0.3, -0.25) is 19.8 Å². The van der Waals surface area contributed by atoms with Crippen LogP contribution in [0.2, 0.25) is 0 Å². The molecule has 10 heteroatoms. The van der Waals surface area contributed by atoms with Crippen LogP contribution in [0.3, 0.4) is 0 Å². The van der Waals surface area contributed by atoms with E-state index in [1.165, 1.54) is 24.3 Å². The topological polar surface area (TPSA) is 111 Å². The van der Waals surface area contributed by atoms with E-state index in [4.69, 9.17) is 5.11 Å². The average Bonchev–Trinajstić information content (AvgIpc) is 2.78. The monoisotopic (exact) mass is 314 g/mol. The number of aliphatic carboxylic acids is 1. The maximum Gasteiger partial charge on any atom is 0.435 e. The molecule has 0 fully saturated rings. The molecule has 0 aliphatic rings. The molecule has 0 saturated heterocycles. The van der Waals surface area contributed by atoms with E-state index in [1.807, 2.05) is 0 Å². The van der Waals surface area contributed by atoms with Crippen molar-refractivity contribution in [2.24, 2.45) is 10.2 Å². The smallest absolute Gasteiger partial charge is 0.435 e. The number of alkyl halides is 3. The summed E-state index contributed by atoms with van der Waals surface area (Å²) in [5.41, 5.74) is -2.55. The minimum atomic E-state index is -4.77. The van der Waals surface area contributed by atoms with Crippen LogP contribution in [0.5, 0.6) is 0 Å². The van der Waals surface area contributed by atoms with E-state index in [2.05, 4.69) is 10.2 Å². The Balaban J connectivity index is 2.24. The standard InChI is InChI=1S/C12H9F3N4O3/c13-12(14,15)10-9(11(22)19-18-10)17-16-7-3-1-6(2-4-7)5-8(20)21/h1-4H,5H2,(H,20,21)(H2,18,19,22). The lowest BCUT2D eigenvalue weighted by Crippen LogP contribution is -2.06. The third kappa shape index (κ3) is 3.59. The number of carboxylic acids is 1. The summed E-state index contributed by atoms with van der Waals surface area (Å²) in [5, 5.41) is 19.0. The van der Waals surface area contributed by atoms with E-state index in [0.717, 1.165) is 0 Å². The van der Waals surface area contributed by atoms with Gasteiger partial charge in [-0.05, 0) is 17.7 Å². The van der Waals surface area contributed by atoms with Crippen molar-refractivity contribution in [2.75, 3.05) is 0 Å². The summed E-state index contributed by atoms with van der Waals surface area (Å²) in [6, 6.07) is 5.68. The fraction of sp³-hybridized carbons (Fsp3) is 0.167. The van der Waals surface area contributed by atoms with Crippen LogP contribution in [0.1, 0.15) is 11.3 Å². The van der Waals surface area contributed by atoms with E-state index in [9.17, 15) is 22.8 Å². The number of aromatic amines is 2. The van der Waals surface area contributed by atoms with Crippen LogP contribution < -0.4 is 5.56 Å². The Labute approximate surface area is 120 Å². The molecule has 0 radical (unpaired) electrons. The van der Waals surface area contributed by atoms with Gasteiger partial charge in [-0.15, -0.1) is 5.11 Å². The molecule has 116 valence electrons. The lowest BCUT2D eigenvalue weighted by Gasteiger charge is -2.02. The Bertz CT molecular complexity index is 759. The molecule has 7 nitrogen and oxygen atoms in total. The SMILES string of the molecule is O=C(O)Cc1ccc(N=Nc2c(C(F)(F)F)[nH][nH]c2=O)cc1. The first-order valence-corrected chi connectivity index (χ1v) is 5.87. The molecular formula is C12H9F3N4O3. The van der Waals surface area contributed by atoms with Crippen molar-refractivity contribution in [3.05, 3.63) is 45.9 Å². The quantitative estimate of drug-likeness (QED) is 0.754. The minimum Gasteiger partial charge on any atom is -0.481 e. The highest BCUT2D eigenvalue weighted by Gasteiger charge is 2.37. The van der Waals surface area contributed by atoms with Gasteiger partial charge in [0, 0.05) is 0 Å². The predicted molar refractivity (Wildman–Crippen MR) is 68.4 cm³/mol. The van der Waals surface area contributed by atoms with Crippen LogP contribution in [0.4, 0.5) is 24.5 Å². The second-order valence-electron chi connectivity index (χ2n) is 4.24. The molecule has 0 unspecified atom stereocenters. The van der Waals surface area contributed by atoms with Gasteiger partial charge in [0.15, 0.2) is 11.4 Å². The van der Waals surface area contributed by atoms with E-state index in [-0.39, 0.29) is 12.1 Å². The molecule has 0 saturated carbocycles. The fourth-order valence-corrected chi connectivity index (χ4v) is 1.61. The number of rotatable bonds is 4. The normalized spacial score (nSPS) is 12.0. The zero-order chi connectivity index (χ0) is 16.3. The predicted octanol–water partition coefficient (Wildman–Crippen LogP) is 2.76. The number of hydrogen-bond acceptors (Lipinski definition) is 4. The fourth-order valence-electron chi connectivity index (χ4n) is 1.61. The molecule has 1 aromatic carbocycles. The number of carbonyl (C=O) groups is 1. The van der Waals surface area contributed by atoms with E-state index < -0.39 is 29.1 Å². The summed E-state index contributed by atoms with van der Waals surface area (Å²) < 4.78 is 37.8. The number of H-pyrrole nitrogens is 2. The second-order valence-corrected chi connectivity index (χ2v) is 4.24. The Hall–Kier alpha value is -2.91. The van der Waals surface area contributed by atoms with Gasteiger partial charge in [-0.25, -0.2) is 0 Å². The summed E-state index contributed by atoms with van der Waals surface area (Å²) in [5.74, 6) is -1.01. The molecule has 22 heavy (non-hydrogen) atoms. The molecule has 3 N–H and O–H groups in total. The Morgan fingerprint density at radius 2 is 1.77 bits per heavy atom. The van der Waals surface area contributed by atoms with Crippen LogP contribution in [-0.4, -0.2) is 21.3 Å². The van der Waals surface area contributed by atoms with Crippen molar-refractivity contribution < 1.29 is 23.1 Å². The summed E-state index contributed by atoms with van der Waals surface area (Å²) in [6.07, 6.45) is -4.95. The highest BCUT2D eigenvalue weighted by molar-refractivity contribution is 5.70. The van der Waals surface area contributed by atoms with Gasteiger partial charge in [-0.1, -0.05) is 12.1 Å². The maximum absolute atomic E-state index is 12.6. The molecule has 1 heterocycles. The average molecular weight is 314 g/mol. The highest BCUT2D eigenvalue weighted by Crippen LogP contribution is 2.33. The lowest BCUT2D eigenvalue weighted by atomic mass is 10.1. The molecule has 2 rings (SSSR count). The van der Waals surface area contributed by atoms with Crippen molar-refractivity contribution in [3.63, 3.8) is 0 Å². The number of benzene rings is 1. The number of aromatic nitrogens is 2.